The van der Waals surface area contributed by atoms with Crippen LogP contribution in [0.2, 0.25) is 0 Å². The van der Waals surface area contributed by atoms with Gasteiger partial charge in [-0.25, -0.2) is 0 Å². The van der Waals surface area contributed by atoms with Crippen molar-refractivity contribution in [1.82, 2.24) is 9.55 Å². The second-order valence-electron chi connectivity index (χ2n) is 5.84. The summed E-state index contributed by atoms with van der Waals surface area (Å²) in [6, 6.07) is 9.71. The van der Waals surface area contributed by atoms with Gasteiger partial charge in [-0.2, -0.15) is 0 Å². The Morgan fingerprint density at radius 2 is 2.00 bits per heavy atom. The molecule has 2 aromatic rings. The Labute approximate surface area is 130 Å². The number of hydrogen-bond acceptors (Lipinski definition) is 3. The van der Waals surface area contributed by atoms with Crippen molar-refractivity contribution in [3.05, 3.63) is 59.5 Å². The van der Waals surface area contributed by atoms with Gasteiger partial charge in [-0.05, 0) is 44.0 Å². The summed E-state index contributed by atoms with van der Waals surface area (Å²) in [5.74, 6) is -0.0809. The van der Waals surface area contributed by atoms with Gasteiger partial charge in [-0.3, -0.25) is 19.3 Å². The molecule has 0 unspecified atom stereocenters. The molecule has 1 aliphatic rings. The van der Waals surface area contributed by atoms with Crippen LogP contribution in [0.15, 0.2) is 47.7 Å². The molecule has 0 bridgehead atoms. The van der Waals surface area contributed by atoms with Crippen LogP contribution in [-0.2, 0) is 0 Å². The lowest BCUT2D eigenvalue weighted by molar-refractivity contribution is 0.0954. The molecule has 0 saturated heterocycles. The zero-order chi connectivity index (χ0) is 15.4. The van der Waals surface area contributed by atoms with Crippen molar-refractivity contribution >= 4 is 5.91 Å². The molecule has 0 atom stereocenters. The maximum absolute atomic E-state index is 12.7. The van der Waals surface area contributed by atoms with E-state index in [2.05, 4.69) is 4.98 Å². The van der Waals surface area contributed by atoms with E-state index in [0.29, 0.717) is 11.6 Å². The van der Waals surface area contributed by atoms with Crippen molar-refractivity contribution in [3.63, 3.8) is 0 Å². The fraction of sp³-hybridized carbons (Fsp3) is 0.389. The zero-order valence-electron chi connectivity index (χ0n) is 12.9. The molecule has 0 spiro atoms. The molecule has 2 aromatic heterocycles. The van der Waals surface area contributed by atoms with Crippen LogP contribution in [0.25, 0.3) is 0 Å². The lowest BCUT2D eigenvalue weighted by Gasteiger charge is -2.17. The highest BCUT2D eigenvalue weighted by Crippen LogP contribution is 2.19. The summed E-state index contributed by atoms with van der Waals surface area (Å²) in [4.78, 5) is 21.7. The monoisotopic (exact) mass is 295 g/mol. The number of pyridine rings is 2. The summed E-state index contributed by atoms with van der Waals surface area (Å²) >= 11 is 0. The molecule has 3 rings (SSSR count). The summed E-state index contributed by atoms with van der Waals surface area (Å²) in [5, 5.41) is 0. The van der Waals surface area contributed by atoms with Gasteiger partial charge in [0.05, 0.1) is 11.6 Å². The maximum Gasteiger partial charge on any atom is 0.265 e. The second kappa shape index (κ2) is 6.69. The van der Waals surface area contributed by atoms with Gasteiger partial charge in [0, 0.05) is 18.1 Å². The molecule has 0 N–H and O–H groups in total. The number of carbonyl (C=O) groups excluding carboxylic acids is 1. The van der Waals surface area contributed by atoms with Crippen LogP contribution >= 0.6 is 0 Å². The van der Waals surface area contributed by atoms with E-state index in [4.69, 9.17) is 4.99 Å². The molecule has 4 heteroatoms. The fourth-order valence-electron chi connectivity index (χ4n) is 2.84. The van der Waals surface area contributed by atoms with Crippen molar-refractivity contribution < 1.29 is 4.79 Å². The Kier molecular flexibility index (Phi) is 4.47. The first-order valence-corrected chi connectivity index (χ1v) is 7.93. The SMILES string of the molecule is Cc1ccc(C(=O)n2ccccc2=NC2CCCCC2)cn1. The van der Waals surface area contributed by atoms with E-state index in [0.717, 1.165) is 24.0 Å². The zero-order valence-corrected chi connectivity index (χ0v) is 12.9. The van der Waals surface area contributed by atoms with Gasteiger partial charge < -0.3 is 0 Å². The first kappa shape index (κ1) is 14.7. The van der Waals surface area contributed by atoms with E-state index in [1.165, 1.54) is 19.3 Å². The van der Waals surface area contributed by atoms with Crippen molar-refractivity contribution in [2.75, 3.05) is 0 Å². The minimum Gasteiger partial charge on any atom is -0.268 e. The molecule has 1 saturated carbocycles. The maximum atomic E-state index is 12.7. The summed E-state index contributed by atoms with van der Waals surface area (Å²) in [7, 11) is 0. The fourth-order valence-corrected chi connectivity index (χ4v) is 2.84. The Morgan fingerprint density at radius 3 is 2.73 bits per heavy atom. The molecule has 114 valence electrons. The van der Waals surface area contributed by atoms with Gasteiger partial charge in [0.2, 0.25) is 0 Å². The molecular formula is C18H21N3O. The predicted molar refractivity (Wildman–Crippen MR) is 85.6 cm³/mol. The van der Waals surface area contributed by atoms with E-state index >= 15 is 0 Å². The number of nitrogens with zero attached hydrogens (tertiary/aromatic N) is 3. The standard InChI is InChI=1S/C18H21N3O/c1-14-10-11-15(13-19-14)18(22)21-12-6-5-9-17(21)20-16-7-3-2-4-8-16/h5-6,9-13,16H,2-4,7-8H2,1H3. The number of hydrogen-bond donors (Lipinski definition) is 0. The number of aryl methyl sites for hydroxylation is 1. The van der Waals surface area contributed by atoms with E-state index in [9.17, 15) is 4.79 Å². The second-order valence-corrected chi connectivity index (χ2v) is 5.84. The number of carbonyl (C=O) groups is 1. The molecule has 0 aromatic carbocycles. The highest BCUT2D eigenvalue weighted by Gasteiger charge is 2.13. The molecule has 2 heterocycles. The van der Waals surface area contributed by atoms with Crippen molar-refractivity contribution in [2.45, 2.75) is 45.1 Å². The molecule has 1 aliphatic carbocycles. The molecule has 22 heavy (non-hydrogen) atoms. The summed E-state index contributed by atoms with van der Waals surface area (Å²) in [5.41, 5.74) is 2.23. The Morgan fingerprint density at radius 1 is 1.18 bits per heavy atom. The van der Waals surface area contributed by atoms with Gasteiger partial charge in [-0.1, -0.05) is 25.3 Å². The first-order chi connectivity index (χ1) is 10.7. The number of rotatable bonds is 2. The molecule has 0 amide bonds. The summed E-state index contributed by atoms with van der Waals surface area (Å²) < 4.78 is 1.63. The largest absolute Gasteiger partial charge is 0.268 e. The molecule has 0 aliphatic heterocycles. The van der Waals surface area contributed by atoms with Crippen molar-refractivity contribution in [2.24, 2.45) is 4.99 Å². The van der Waals surface area contributed by atoms with Crippen LogP contribution in [0.1, 0.15) is 48.2 Å². The van der Waals surface area contributed by atoms with E-state index < -0.39 is 0 Å². The molecular weight excluding hydrogens is 274 g/mol. The lowest BCUT2D eigenvalue weighted by Crippen LogP contribution is -2.29. The molecule has 1 fully saturated rings. The van der Waals surface area contributed by atoms with Gasteiger partial charge in [0.25, 0.3) is 5.91 Å². The molecule has 4 nitrogen and oxygen atoms in total. The summed E-state index contributed by atoms with van der Waals surface area (Å²) in [6.45, 7) is 1.91. The van der Waals surface area contributed by atoms with Crippen LogP contribution in [0.4, 0.5) is 0 Å². The number of aromatic nitrogens is 2. The average molecular weight is 295 g/mol. The first-order valence-electron chi connectivity index (χ1n) is 7.93. The third-order valence-corrected chi connectivity index (χ3v) is 4.11. The van der Waals surface area contributed by atoms with Gasteiger partial charge in [0.15, 0.2) is 0 Å². The van der Waals surface area contributed by atoms with Crippen LogP contribution < -0.4 is 5.49 Å². The summed E-state index contributed by atoms with van der Waals surface area (Å²) in [6.07, 6.45) is 9.42. The third kappa shape index (κ3) is 3.32. The normalized spacial score (nSPS) is 16.7. The Hall–Kier alpha value is -2.23. The lowest BCUT2D eigenvalue weighted by atomic mass is 9.96. The topological polar surface area (TPSA) is 47.2 Å². The van der Waals surface area contributed by atoms with Crippen LogP contribution in [-0.4, -0.2) is 21.5 Å². The minimum atomic E-state index is -0.0809. The van der Waals surface area contributed by atoms with Crippen LogP contribution in [0, 0.1) is 6.92 Å². The third-order valence-electron chi connectivity index (χ3n) is 4.11. The van der Waals surface area contributed by atoms with Crippen molar-refractivity contribution in [3.8, 4) is 0 Å². The van der Waals surface area contributed by atoms with Gasteiger partial charge in [0.1, 0.15) is 5.49 Å². The van der Waals surface area contributed by atoms with E-state index in [1.54, 1.807) is 17.0 Å². The van der Waals surface area contributed by atoms with Crippen LogP contribution in [0.5, 0.6) is 0 Å². The van der Waals surface area contributed by atoms with E-state index in [-0.39, 0.29) is 5.91 Å². The average Bonchev–Trinajstić information content (AvgIpc) is 2.56. The van der Waals surface area contributed by atoms with Gasteiger partial charge in [-0.15, -0.1) is 0 Å². The smallest absolute Gasteiger partial charge is 0.265 e. The highest BCUT2D eigenvalue weighted by molar-refractivity contribution is 5.95. The Balaban J connectivity index is 1.95. The van der Waals surface area contributed by atoms with Crippen LogP contribution in [0.3, 0.4) is 0 Å². The predicted octanol–water partition coefficient (Wildman–Crippen LogP) is 3.11. The van der Waals surface area contributed by atoms with E-state index in [1.807, 2.05) is 37.3 Å². The molecule has 0 radical (unpaired) electrons. The quantitative estimate of drug-likeness (QED) is 0.854. The minimum absolute atomic E-state index is 0.0809. The Bertz CT molecular complexity index is 710. The van der Waals surface area contributed by atoms with Gasteiger partial charge >= 0.3 is 0 Å². The van der Waals surface area contributed by atoms with Crippen molar-refractivity contribution in [1.29, 1.82) is 0 Å². The highest BCUT2D eigenvalue weighted by atomic mass is 16.2.